The van der Waals surface area contributed by atoms with Crippen LogP contribution in [-0.4, -0.2) is 41.1 Å². The number of benzene rings is 1. The summed E-state index contributed by atoms with van der Waals surface area (Å²) in [6.45, 7) is 6.04. The van der Waals surface area contributed by atoms with Crippen LogP contribution in [0.2, 0.25) is 0 Å². The highest BCUT2D eigenvalue weighted by atomic mass is 19.1. The molecule has 2 aliphatic rings. The lowest BCUT2D eigenvalue weighted by atomic mass is 9.77. The Labute approximate surface area is 136 Å². The van der Waals surface area contributed by atoms with E-state index in [1.165, 1.54) is 13.0 Å². The van der Waals surface area contributed by atoms with Gasteiger partial charge < -0.3 is 10.4 Å². The number of nitrogens with one attached hydrogen (secondary N) is 1. The van der Waals surface area contributed by atoms with E-state index in [0.29, 0.717) is 17.4 Å². The molecule has 1 saturated carbocycles. The molecule has 4 nitrogen and oxygen atoms in total. The van der Waals surface area contributed by atoms with Gasteiger partial charge in [-0.2, -0.15) is 0 Å². The number of aliphatic hydroxyl groups is 1. The highest BCUT2D eigenvalue weighted by molar-refractivity contribution is 5.73. The first-order valence-corrected chi connectivity index (χ1v) is 8.35. The van der Waals surface area contributed by atoms with Gasteiger partial charge in [-0.05, 0) is 48.8 Å². The van der Waals surface area contributed by atoms with Gasteiger partial charge in [-0.1, -0.05) is 12.1 Å². The van der Waals surface area contributed by atoms with Gasteiger partial charge in [0.25, 0.3) is 0 Å². The van der Waals surface area contributed by atoms with Crippen LogP contribution in [0.5, 0.6) is 0 Å². The van der Waals surface area contributed by atoms with E-state index < -0.39 is 6.10 Å². The second-order valence-corrected chi connectivity index (χ2v) is 7.14. The Morgan fingerprint density at radius 3 is 2.70 bits per heavy atom. The number of aryl methyl sites for hydroxylation is 1. The van der Waals surface area contributed by atoms with Crippen molar-refractivity contribution in [3.63, 3.8) is 0 Å². The van der Waals surface area contributed by atoms with Crippen molar-refractivity contribution in [2.75, 3.05) is 13.1 Å². The summed E-state index contributed by atoms with van der Waals surface area (Å²) in [7, 11) is 0. The summed E-state index contributed by atoms with van der Waals surface area (Å²) in [4.78, 5) is 13.6. The summed E-state index contributed by atoms with van der Waals surface area (Å²) in [6, 6.07) is 5.16. The molecule has 0 bridgehead atoms. The maximum Gasteiger partial charge on any atom is 0.217 e. The van der Waals surface area contributed by atoms with E-state index in [1.54, 1.807) is 6.92 Å². The van der Waals surface area contributed by atoms with Crippen molar-refractivity contribution in [2.24, 2.45) is 11.8 Å². The van der Waals surface area contributed by atoms with Crippen molar-refractivity contribution in [1.29, 1.82) is 0 Å². The van der Waals surface area contributed by atoms with Gasteiger partial charge in [-0.3, -0.25) is 9.69 Å². The maximum absolute atomic E-state index is 13.4. The number of hydrogen-bond acceptors (Lipinski definition) is 3. The smallest absolute Gasteiger partial charge is 0.217 e. The fourth-order valence-electron chi connectivity index (χ4n) is 4.14. The molecule has 1 aromatic rings. The molecule has 2 fully saturated rings. The first-order valence-electron chi connectivity index (χ1n) is 8.35. The van der Waals surface area contributed by atoms with E-state index in [2.05, 4.69) is 10.2 Å². The van der Waals surface area contributed by atoms with Crippen molar-refractivity contribution in [3.05, 3.63) is 35.1 Å². The zero-order valence-electron chi connectivity index (χ0n) is 13.8. The Bertz CT molecular complexity index is 592. The molecule has 1 aliphatic carbocycles. The number of hydrogen-bond donors (Lipinski definition) is 2. The number of rotatable bonds is 3. The lowest BCUT2D eigenvalue weighted by molar-refractivity contribution is -0.121. The number of halogens is 1. The molecule has 126 valence electrons. The summed E-state index contributed by atoms with van der Waals surface area (Å²) >= 11 is 0. The molecular weight excluding hydrogens is 295 g/mol. The summed E-state index contributed by atoms with van der Waals surface area (Å²) < 4.78 is 13.4. The zero-order chi connectivity index (χ0) is 16.6. The summed E-state index contributed by atoms with van der Waals surface area (Å²) in [5.74, 6) is 0.752. The number of nitrogens with zero attached hydrogens (tertiary/aromatic N) is 1. The van der Waals surface area contributed by atoms with Gasteiger partial charge >= 0.3 is 0 Å². The van der Waals surface area contributed by atoms with Crippen LogP contribution in [-0.2, 0) is 11.3 Å². The normalized spacial score (nSPS) is 31.0. The minimum Gasteiger partial charge on any atom is -0.391 e. The third kappa shape index (κ3) is 3.72. The number of fused-ring (bicyclic) bond motifs is 1. The van der Waals surface area contributed by atoms with E-state index >= 15 is 0 Å². The second kappa shape index (κ2) is 6.57. The molecule has 0 aromatic heterocycles. The molecule has 4 atom stereocenters. The minimum absolute atomic E-state index is 0.0795. The lowest BCUT2D eigenvalue weighted by Crippen LogP contribution is -2.48. The van der Waals surface area contributed by atoms with Crippen LogP contribution >= 0.6 is 0 Å². The van der Waals surface area contributed by atoms with Crippen LogP contribution in [0.25, 0.3) is 0 Å². The summed E-state index contributed by atoms with van der Waals surface area (Å²) in [5, 5.41) is 13.1. The fourth-order valence-corrected chi connectivity index (χ4v) is 4.14. The van der Waals surface area contributed by atoms with E-state index in [1.807, 2.05) is 12.1 Å². The lowest BCUT2D eigenvalue weighted by Gasteiger charge is -2.35. The quantitative estimate of drug-likeness (QED) is 0.893. The Balaban J connectivity index is 1.61. The SMILES string of the molecule is CC(=O)N[C@@H]1C[C@@H]2CN(Cc3ccc(F)c(C)c3)C[C@@H]2C[C@H]1O. The maximum atomic E-state index is 13.4. The van der Waals surface area contributed by atoms with Crippen LogP contribution in [0, 0.1) is 24.6 Å². The highest BCUT2D eigenvalue weighted by Gasteiger charge is 2.41. The predicted molar refractivity (Wildman–Crippen MR) is 86.2 cm³/mol. The standard InChI is InChI=1S/C18H25FN2O2/c1-11-5-13(3-4-16(11)19)8-21-9-14-6-17(20-12(2)22)18(23)7-15(14)10-21/h3-5,14-15,17-18,23H,6-10H2,1-2H3,(H,20,22)/t14-,15+,17-,18-/m1/s1. The molecule has 2 N–H and O–H groups in total. The number of likely N-dealkylation sites (tertiary alicyclic amines) is 1. The highest BCUT2D eigenvalue weighted by Crippen LogP contribution is 2.37. The van der Waals surface area contributed by atoms with Gasteiger partial charge in [-0.15, -0.1) is 0 Å². The zero-order valence-corrected chi connectivity index (χ0v) is 13.8. The number of amides is 1. The molecular formula is C18H25FN2O2. The van der Waals surface area contributed by atoms with Crippen molar-refractivity contribution in [1.82, 2.24) is 10.2 Å². The van der Waals surface area contributed by atoms with Crippen molar-refractivity contribution in [3.8, 4) is 0 Å². The van der Waals surface area contributed by atoms with Gasteiger partial charge in [-0.25, -0.2) is 4.39 Å². The van der Waals surface area contributed by atoms with Crippen LogP contribution < -0.4 is 5.32 Å². The average molecular weight is 320 g/mol. The molecule has 0 unspecified atom stereocenters. The van der Waals surface area contributed by atoms with Crippen LogP contribution in [0.15, 0.2) is 18.2 Å². The molecule has 1 heterocycles. The van der Waals surface area contributed by atoms with Gasteiger partial charge in [0, 0.05) is 26.6 Å². The van der Waals surface area contributed by atoms with Crippen molar-refractivity contribution >= 4 is 5.91 Å². The molecule has 23 heavy (non-hydrogen) atoms. The van der Waals surface area contributed by atoms with E-state index in [-0.39, 0.29) is 17.8 Å². The van der Waals surface area contributed by atoms with E-state index in [0.717, 1.165) is 38.0 Å². The third-order valence-electron chi connectivity index (χ3n) is 5.23. The van der Waals surface area contributed by atoms with Gasteiger partial charge in [0.05, 0.1) is 12.1 Å². The Hall–Kier alpha value is -1.46. The molecule has 0 spiro atoms. The Morgan fingerprint density at radius 1 is 1.35 bits per heavy atom. The minimum atomic E-state index is -0.451. The first-order chi connectivity index (χ1) is 10.9. The topological polar surface area (TPSA) is 52.6 Å². The molecule has 0 radical (unpaired) electrons. The Kier molecular flexibility index (Phi) is 4.69. The largest absolute Gasteiger partial charge is 0.391 e. The monoisotopic (exact) mass is 320 g/mol. The van der Waals surface area contributed by atoms with Crippen LogP contribution in [0.3, 0.4) is 0 Å². The van der Waals surface area contributed by atoms with Crippen molar-refractivity contribution < 1.29 is 14.3 Å². The molecule has 1 aromatic carbocycles. The summed E-state index contributed by atoms with van der Waals surface area (Å²) in [6.07, 6.45) is 1.13. The van der Waals surface area contributed by atoms with Gasteiger partial charge in [0.15, 0.2) is 0 Å². The number of carbonyl (C=O) groups excluding carboxylic acids is 1. The van der Waals surface area contributed by atoms with Crippen LogP contribution in [0.1, 0.15) is 30.9 Å². The van der Waals surface area contributed by atoms with Crippen LogP contribution in [0.4, 0.5) is 4.39 Å². The predicted octanol–water partition coefficient (Wildman–Crippen LogP) is 1.84. The molecule has 5 heteroatoms. The second-order valence-electron chi connectivity index (χ2n) is 7.14. The molecule has 1 aliphatic heterocycles. The fraction of sp³-hybridized carbons (Fsp3) is 0.611. The molecule has 1 saturated heterocycles. The van der Waals surface area contributed by atoms with Gasteiger partial charge in [0.1, 0.15) is 5.82 Å². The first kappa shape index (κ1) is 16.4. The molecule has 3 rings (SSSR count). The number of carbonyl (C=O) groups is 1. The van der Waals surface area contributed by atoms with Gasteiger partial charge in [0.2, 0.25) is 5.91 Å². The summed E-state index contributed by atoms with van der Waals surface area (Å²) in [5.41, 5.74) is 1.81. The van der Waals surface area contributed by atoms with E-state index in [4.69, 9.17) is 0 Å². The third-order valence-corrected chi connectivity index (χ3v) is 5.23. The Morgan fingerprint density at radius 2 is 2.04 bits per heavy atom. The van der Waals surface area contributed by atoms with Crippen molar-refractivity contribution in [2.45, 2.75) is 45.4 Å². The van der Waals surface area contributed by atoms with E-state index in [9.17, 15) is 14.3 Å². The molecule has 1 amide bonds. The average Bonchev–Trinajstić information content (AvgIpc) is 2.84. The number of aliphatic hydroxyl groups excluding tert-OH is 1.